The van der Waals surface area contributed by atoms with Crippen LogP contribution in [0.4, 0.5) is 4.39 Å². The third-order valence-corrected chi connectivity index (χ3v) is 4.51. The summed E-state index contributed by atoms with van der Waals surface area (Å²) in [6.07, 6.45) is -0.0767. The van der Waals surface area contributed by atoms with E-state index < -0.39 is 11.1 Å². The molecule has 0 atom stereocenters. The Labute approximate surface area is 126 Å². The quantitative estimate of drug-likeness (QED) is 0.595. The highest BCUT2D eigenvalue weighted by molar-refractivity contribution is 9.10. The van der Waals surface area contributed by atoms with Crippen LogP contribution in [0.25, 0.3) is 0 Å². The Balaban J connectivity index is 2.41. The second-order valence-corrected chi connectivity index (χ2v) is 5.82. The van der Waals surface area contributed by atoms with Crippen LogP contribution in [0.5, 0.6) is 0 Å². The summed E-state index contributed by atoms with van der Waals surface area (Å²) in [4.78, 5) is 23.9. The third-order valence-electron chi connectivity index (χ3n) is 2.54. The molecule has 19 heavy (non-hydrogen) atoms. The summed E-state index contributed by atoms with van der Waals surface area (Å²) in [5, 5.41) is 1.07. The number of benzene rings is 1. The second kappa shape index (κ2) is 5.94. The largest absolute Gasteiger partial charge is 0.293 e. The van der Waals surface area contributed by atoms with Gasteiger partial charge in [-0.2, -0.15) is 0 Å². The van der Waals surface area contributed by atoms with Crippen LogP contribution in [-0.2, 0) is 6.42 Å². The standard InChI is InChI=1S/C13H7BrClFO2S/c14-12-8(6-10(17)11-2-1-5-19-11)7(13(15)18)3-4-9(12)16/h1-5H,6H2. The van der Waals surface area contributed by atoms with Gasteiger partial charge in [-0.15, -0.1) is 11.3 Å². The molecule has 0 saturated heterocycles. The van der Waals surface area contributed by atoms with Gasteiger partial charge < -0.3 is 0 Å². The fourth-order valence-electron chi connectivity index (χ4n) is 1.63. The topological polar surface area (TPSA) is 34.1 Å². The maximum atomic E-state index is 13.5. The number of hydrogen-bond acceptors (Lipinski definition) is 3. The van der Waals surface area contributed by atoms with Crippen molar-refractivity contribution in [2.45, 2.75) is 6.42 Å². The number of carbonyl (C=O) groups is 2. The Morgan fingerprint density at radius 3 is 2.63 bits per heavy atom. The van der Waals surface area contributed by atoms with E-state index in [4.69, 9.17) is 11.6 Å². The Bertz CT molecular complexity index is 640. The molecule has 0 bridgehead atoms. The lowest BCUT2D eigenvalue weighted by Gasteiger charge is -2.08. The van der Waals surface area contributed by atoms with Gasteiger partial charge in [-0.1, -0.05) is 6.07 Å². The molecule has 0 saturated carbocycles. The van der Waals surface area contributed by atoms with Crippen molar-refractivity contribution >= 4 is 49.9 Å². The highest BCUT2D eigenvalue weighted by atomic mass is 79.9. The first kappa shape index (κ1) is 14.4. The van der Waals surface area contributed by atoms with Crippen LogP contribution < -0.4 is 0 Å². The molecule has 0 spiro atoms. The molecule has 0 aliphatic carbocycles. The lowest BCUT2D eigenvalue weighted by molar-refractivity contribution is 0.0996. The van der Waals surface area contributed by atoms with Crippen molar-refractivity contribution < 1.29 is 14.0 Å². The molecule has 2 aromatic rings. The number of hydrogen-bond donors (Lipinski definition) is 0. The molecule has 1 aromatic carbocycles. The van der Waals surface area contributed by atoms with Gasteiger partial charge in [-0.05, 0) is 56.7 Å². The van der Waals surface area contributed by atoms with E-state index in [1.165, 1.54) is 17.4 Å². The molecule has 0 radical (unpaired) electrons. The van der Waals surface area contributed by atoms with Crippen LogP contribution in [0, 0.1) is 5.82 Å². The van der Waals surface area contributed by atoms with E-state index in [9.17, 15) is 14.0 Å². The van der Waals surface area contributed by atoms with E-state index in [1.807, 2.05) is 0 Å². The van der Waals surface area contributed by atoms with Gasteiger partial charge in [0.1, 0.15) is 5.82 Å². The van der Waals surface area contributed by atoms with Crippen molar-refractivity contribution in [3.05, 3.63) is 55.9 Å². The van der Waals surface area contributed by atoms with Crippen molar-refractivity contribution in [2.24, 2.45) is 0 Å². The number of carbonyl (C=O) groups excluding carboxylic acids is 2. The molecular formula is C13H7BrClFO2S. The first-order chi connectivity index (χ1) is 9.00. The van der Waals surface area contributed by atoms with Crippen molar-refractivity contribution in [1.29, 1.82) is 0 Å². The van der Waals surface area contributed by atoms with Crippen LogP contribution in [0.2, 0.25) is 0 Å². The Hall–Kier alpha value is -1.04. The van der Waals surface area contributed by atoms with Crippen LogP contribution in [0.15, 0.2) is 34.1 Å². The molecule has 6 heteroatoms. The summed E-state index contributed by atoms with van der Waals surface area (Å²) in [7, 11) is 0. The van der Waals surface area contributed by atoms with E-state index >= 15 is 0 Å². The van der Waals surface area contributed by atoms with Gasteiger partial charge in [-0.3, -0.25) is 9.59 Å². The molecule has 2 nitrogen and oxygen atoms in total. The van der Waals surface area contributed by atoms with Gasteiger partial charge in [0, 0.05) is 12.0 Å². The highest BCUT2D eigenvalue weighted by Gasteiger charge is 2.19. The zero-order chi connectivity index (χ0) is 14.0. The zero-order valence-electron chi connectivity index (χ0n) is 9.45. The number of ketones is 1. The molecule has 0 unspecified atom stereocenters. The van der Waals surface area contributed by atoms with Crippen LogP contribution in [-0.4, -0.2) is 11.0 Å². The first-order valence-electron chi connectivity index (χ1n) is 5.24. The van der Waals surface area contributed by atoms with E-state index in [1.54, 1.807) is 17.5 Å². The Morgan fingerprint density at radius 1 is 1.32 bits per heavy atom. The highest BCUT2D eigenvalue weighted by Crippen LogP contribution is 2.27. The maximum Gasteiger partial charge on any atom is 0.252 e. The monoisotopic (exact) mass is 360 g/mol. The summed E-state index contributed by atoms with van der Waals surface area (Å²) in [5.74, 6) is -0.712. The number of halogens is 3. The smallest absolute Gasteiger partial charge is 0.252 e. The van der Waals surface area contributed by atoms with Crippen LogP contribution in [0.1, 0.15) is 25.6 Å². The van der Waals surface area contributed by atoms with Gasteiger partial charge >= 0.3 is 0 Å². The first-order valence-corrected chi connectivity index (χ1v) is 7.29. The van der Waals surface area contributed by atoms with Crippen molar-refractivity contribution in [2.75, 3.05) is 0 Å². The molecule has 0 aliphatic heterocycles. The number of Topliss-reactive ketones (excluding diaryl/α,β-unsaturated/α-hetero) is 1. The van der Waals surface area contributed by atoms with Crippen LogP contribution >= 0.6 is 38.9 Å². The summed E-state index contributed by atoms with van der Waals surface area (Å²) < 4.78 is 13.6. The van der Waals surface area contributed by atoms with Crippen molar-refractivity contribution in [3.8, 4) is 0 Å². The minimum atomic E-state index is -0.713. The third kappa shape index (κ3) is 3.11. The fourth-order valence-corrected chi connectivity index (χ4v) is 2.96. The Kier molecular flexibility index (Phi) is 4.50. The van der Waals surface area contributed by atoms with Gasteiger partial charge in [0.25, 0.3) is 5.24 Å². The Morgan fingerprint density at radius 2 is 2.05 bits per heavy atom. The summed E-state index contributed by atoms with van der Waals surface area (Å²) in [6, 6.07) is 5.86. The predicted molar refractivity (Wildman–Crippen MR) is 76.6 cm³/mol. The molecule has 0 N–H and O–H groups in total. The SMILES string of the molecule is O=C(Cc1c(C(=O)Cl)ccc(F)c1Br)c1cccs1. The minimum absolute atomic E-state index is 0.0767. The molecule has 0 amide bonds. The fraction of sp³-hybridized carbons (Fsp3) is 0.0769. The summed E-state index contributed by atoms with van der Waals surface area (Å²) in [6.45, 7) is 0. The zero-order valence-corrected chi connectivity index (χ0v) is 12.6. The van der Waals surface area contributed by atoms with Crippen molar-refractivity contribution in [1.82, 2.24) is 0 Å². The molecule has 0 fully saturated rings. The maximum absolute atomic E-state index is 13.5. The van der Waals surface area contributed by atoms with Gasteiger partial charge in [0.15, 0.2) is 5.78 Å². The summed E-state index contributed by atoms with van der Waals surface area (Å²) in [5.41, 5.74) is 0.415. The second-order valence-electron chi connectivity index (χ2n) is 3.74. The molecule has 98 valence electrons. The molecule has 0 aliphatic rings. The lowest BCUT2D eigenvalue weighted by atomic mass is 10.0. The van der Waals surface area contributed by atoms with Gasteiger partial charge in [-0.25, -0.2) is 4.39 Å². The summed E-state index contributed by atoms with van der Waals surface area (Å²) >= 11 is 9.80. The molecule has 1 aromatic heterocycles. The van der Waals surface area contributed by atoms with E-state index in [0.29, 0.717) is 4.88 Å². The number of thiophene rings is 1. The average molecular weight is 362 g/mol. The lowest BCUT2D eigenvalue weighted by Crippen LogP contribution is -2.08. The average Bonchev–Trinajstić information content (AvgIpc) is 2.88. The van der Waals surface area contributed by atoms with E-state index in [2.05, 4.69) is 15.9 Å². The van der Waals surface area contributed by atoms with E-state index in [0.717, 1.165) is 6.07 Å². The normalized spacial score (nSPS) is 10.5. The van der Waals surface area contributed by atoms with Crippen LogP contribution in [0.3, 0.4) is 0 Å². The molecule has 2 rings (SSSR count). The predicted octanol–water partition coefficient (Wildman–Crippen LogP) is 4.45. The van der Waals surface area contributed by atoms with E-state index in [-0.39, 0.29) is 27.8 Å². The molecule has 1 heterocycles. The minimum Gasteiger partial charge on any atom is -0.293 e. The van der Waals surface area contributed by atoms with Gasteiger partial charge in [0.05, 0.1) is 9.35 Å². The van der Waals surface area contributed by atoms with Gasteiger partial charge in [0.2, 0.25) is 0 Å². The molecular weight excluding hydrogens is 355 g/mol. The number of rotatable bonds is 4. The van der Waals surface area contributed by atoms with Crippen molar-refractivity contribution in [3.63, 3.8) is 0 Å².